The van der Waals surface area contributed by atoms with Crippen molar-refractivity contribution in [2.24, 2.45) is 0 Å². The fourth-order valence-corrected chi connectivity index (χ4v) is 4.95. The summed E-state index contributed by atoms with van der Waals surface area (Å²) >= 11 is 0. The molecule has 6 heteroatoms. The monoisotopic (exact) mass is 566 g/mol. The summed E-state index contributed by atoms with van der Waals surface area (Å²) in [6, 6.07) is 40.2. The third-order valence-corrected chi connectivity index (χ3v) is 7.07. The van der Waals surface area contributed by atoms with Crippen molar-refractivity contribution >= 4 is 0 Å². The minimum absolute atomic E-state index is 0.280. The maximum absolute atomic E-state index is 6.64. The highest BCUT2D eigenvalue weighted by Gasteiger charge is 2.49. The lowest BCUT2D eigenvalue weighted by molar-refractivity contribution is -0.318. The van der Waals surface area contributed by atoms with E-state index in [4.69, 9.17) is 28.4 Å². The van der Waals surface area contributed by atoms with Crippen molar-refractivity contribution in [2.75, 3.05) is 6.61 Å². The average molecular weight is 567 g/mol. The molecule has 0 spiro atoms. The molecule has 1 saturated heterocycles. The second-order valence-electron chi connectivity index (χ2n) is 10.1. The van der Waals surface area contributed by atoms with Gasteiger partial charge in [-0.25, -0.2) is 0 Å². The normalized spacial score (nSPS) is 22.0. The molecule has 42 heavy (non-hydrogen) atoms. The highest BCUT2D eigenvalue weighted by molar-refractivity contribution is 5.16. The van der Waals surface area contributed by atoms with Crippen molar-refractivity contribution in [1.82, 2.24) is 0 Å². The van der Waals surface area contributed by atoms with E-state index in [1.165, 1.54) is 6.26 Å². The van der Waals surface area contributed by atoms with Gasteiger partial charge in [0.2, 0.25) is 6.29 Å². The summed E-state index contributed by atoms with van der Waals surface area (Å²) < 4.78 is 38.3. The van der Waals surface area contributed by atoms with Crippen LogP contribution in [0.4, 0.5) is 0 Å². The first-order valence-corrected chi connectivity index (χ1v) is 14.3. The first kappa shape index (κ1) is 29.7. The van der Waals surface area contributed by atoms with Crippen LogP contribution in [0.3, 0.4) is 0 Å². The van der Waals surface area contributed by atoms with Crippen molar-refractivity contribution in [3.63, 3.8) is 0 Å². The summed E-state index contributed by atoms with van der Waals surface area (Å²) in [6.07, 6.45) is -1.51. The zero-order chi connectivity index (χ0) is 28.8. The molecule has 218 valence electrons. The van der Waals surface area contributed by atoms with Gasteiger partial charge in [0.1, 0.15) is 24.4 Å². The number of rotatable bonds is 15. The Morgan fingerprint density at radius 1 is 0.524 bits per heavy atom. The van der Waals surface area contributed by atoms with E-state index in [0.717, 1.165) is 22.3 Å². The number of hydrogen-bond acceptors (Lipinski definition) is 6. The molecule has 5 atom stereocenters. The number of hydrogen-bond donors (Lipinski definition) is 0. The van der Waals surface area contributed by atoms with Gasteiger partial charge in [-0.3, -0.25) is 0 Å². The first-order chi connectivity index (χ1) is 20.8. The van der Waals surface area contributed by atoms with Crippen LogP contribution in [0.5, 0.6) is 0 Å². The molecule has 0 amide bonds. The lowest BCUT2D eigenvalue weighted by Crippen LogP contribution is -2.61. The van der Waals surface area contributed by atoms with Gasteiger partial charge < -0.3 is 28.4 Å². The Labute approximate surface area is 248 Å². The highest BCUT2D eigenvalue weighted by atomic mass is 16.7. The quantitative estimate of drug-likeness (QED) is 0.147. The van der Waals surface area contributed by atoms with Crippen LogP contribution in [0.15, 0.2) is 134 Å². The highest BCUT2D eigenvalue weighted by Crippen LogP contribution is 2.31. The molecule has 4 aromatic carbocycles. The van der Waals surface area contributed by atoms with Crippen LogP contribution in [-0.4, -0.2) is 37.3 Å². The van der Waals surface area contributed by atoms with Gasteiger partial charge in [0.15, 0.2) is 0 Å². The first-order valence-electron chi connectivity index (χ1n) is 14.3. The van der Waals surface area contributed by atoms with E-state index in [1.807, 2.05) is 121 Å². The Bertz CT molecular complexity index is 1300. The summed E-state index contributed by atoms with van der Waals surface area (Å²) in [6.45, 7) is 5.63. The molecule has 0 radical (unpaired) electrons. The number of benzene rings is 4. The average Bonchev–Trinajstić information content (AvgIpc) is 3.05. The van der Waals surface area contributed by atoms with Crippen molar-refractivity contribution < 1.29 is 28.4 Å². The van der Waals surface area contributed by atoms with Gasteiger partial charge in [-0.15, -0.1) is 0 Å². The predicted octanol–water partition coefficient (Wildman–Crippen LogP) is 6.84. The summed E-state index contributed by atoms with van der Waals surface area (Å²) in [7, 11) is 0. The second kappa shape index (κ2) is 16.0. The van der Waals surface area contributed by atoms with Crippen LogP contribution < -0.4 is 0 Å². The molecule has 0 aromatic heterocycles. The van der Waals surface area contributed by atoms with Crippen LogP contribution >= 0.6 is 0 Å². The van der Waals surface area contributed by atoms with E-state index in [2.05, 4.69) is 6.58 Å². The van der Waals surface area contributed by atoms with Crippen LogP contribution in [0.25, 0.3) is 0 Å². The fourth-order valence-electron chi connectivity index (χ4n) is 4.95. The Morgan fingerprint density at radius 2 is 0.929 bits per heavy atom. The largest absolute Gasteiger partial charge is 0.470 e. The minimum atomic E-state index is -0.770. The molecule has 0 aliphatic carbocycles. The summed E-state index contributed by atoms with van der Waals surface area (Å²) in [5.41, 5.74) is 4.21. The van der Waals surface area contributed by atoms with Crippen molar-refractivity contribution in [3.8, 4) is 0 Å². The molecule has 5 rings (SSSR count). The molecule has 4 aromatic rings. The van der Waals surface area contributed by atoms with Gasteiger partial charge >= 0.3 is 0 Å². The molecule has 1 heterocycles. The van der Waals surface area contributed by atoms with Crippen molar-refractivity contribution in [1.29, 1.82) is 0 Å². The third kappa shape index (κ3) is 8.61. The number of ether oxygens (including phenoxy) is 6. The topological polar surface area (TPSA) is 55.4 Å². The third-order valence-electron chi connectivity index (χ3n) is 7.07. The molecular formula is C36H38O6. The molecule has 0 N–H and O–H groups in total. The predicted molar refractivity (Wildman–Crippen MR) is 161 cm³/mol. The lowest BCUT2D eigenvalue weighted by Gasteiger charge is -2.45. The van der Waals surface area contributed by atoms with Crippen LogP contribution in [0.1, 0.15) is 22.3 Å². The fraction of sp³-hybridized carbons (Fsp3) is 0.278. The summed E-state index contributed by atoms with van der Waals surface area (Å²) in [5.74, 6) is 0. The Morgan fingerprint density at radius 3 is 1.38 bits per heavy atom. The zero-order valence-electron chi connectivity index (χ0n) is 23.7. The molecule has 0 bridgehead atoms. The standard InChI is InChI=1S/C36H38O6/c1-2-38-36-35(41-26-31-21-13-6-14-22-31)34(40-25-30-19-11-5-12-20-30)33(39-24-29-17-9-4-10-18-29)32(42-36)27-37-23-28-15-7-3-8-16-28/h2-22,32-36H,1,23-27H2/t32-,33+,34+,35-,36?/m1/s1. The Hall–Kier alpha value is -3.78. The molecule has 6 nitrogen and oxygen atoms in total. The van der Waals surface area contributed by atoms with Crippen LogP contribution in [-0.2, 0) is 54.8 Å². The maximum atomic E-state index is 6.64. The molecule has 0 saturated carbocycles. The molecular weight excluding hydrogens is 528 g/mol. The van der Waals surface area contributed by atoms with E-state index < -0.39 is 30.7 Å². The van der Waals surface area contributed by atoms with Gasteiger partial charge in [-0.1, -0.05) is 128 Å². The lowest BCUT2D eigenvalue weighted by atomic mass is 9.97. The van der Waals surface area contributed by atoms with E-state index in [-0.39, 0.29) is 6.61 Å². The van der Waals surface area contributed by atoms with E-state index in [9.17, 15) is 0 Å². The van der Waals surface area contributed by atoms with Crippen molar-refractivity contribution in [3.05, 3.63) is 156 Å². The summed E-state index contributed by atoms with van der Waals surface area (Å²) in [5, 5.41) is 0. The van der Waals surface area contributed by atoms with E-state index >= 15 is 0 Å². The van der Waals surface area contributed by atoms with Gasteiger partial charge in [0.05, 0.1) is 39.3 Å². The molecule has 1 aliphatic heterocycles. The van der Waals surface area contributed by atoms with Crippen LogP contribution in [0, 0.1) is 0 Å². The second-order valence-corrected chi connectivity index (χ2v) is 10.1. The molecule has 1 aliphatic rings. The van der Waals surface area contributed by atoms with Gasteiger partial charge in [0, 0.05) is 0 Å². The van der Waals surface area contributed by atoms with Gasteiger partial charge in [-0.2, -0.15) is 0 Å². The molecule has 1 unspecified atom stereocenters. The minimum Gasteiger partial charge on any atom is -0.470 e. The smallest absolute Gasteiger partial charge is 0.228 e. The SMILES string of the molecule is C=COC1O[C@H](COCc2ccccc2)[C@H](OCc2ccccc2)[C@H](OCc2ccccc2)[C@H]1OCc1ccccc1. The zero-order valence-corrected chi connectivity index (χ0v) is 23.7. The Kier molecular flexibility index (Phi) is 11.3. The molecule has 1 fully saturated rings. The van der Waals surface area contributed by atoms with Crippen LogP contribution in [0.2, 0.25) is 0 Å². The van der Waals surface area contributed by atoms with Gasteiger partial charge in [-0.05, 0) is 22.3 Å². The van der Waals surface area contributed by atoms with Gasteiger partial charge in [0.25, 0.3) is 0 Å². The van der Waals surface area contributed by atoms with E-state index in [0.29, 0.717) is 26.4 Å². The maximum Gasteiger partial charge on any atom is 0.228 e. The Balaban J connectivity index is 1.40. The van der Waals surface area contributed by atoms with Crippen molar-refractivity contribution in [2.45, 2.75) is 57.1 Å². The summed E-state index contributed by atoms with van der Waals surface area (Å²) in [4.78, 5) is 0. The van der Waals surface area contributed by atoms with E-state index in [1.54, 1.807) is 0 Å².